The number of alkyl halides is 3. The number of imidazole rings is 1. The lowest BCUT2D eigenvalue weighted by atomic mass is 9.91. The monoisotopic (exact) mass is 802 g/mol. The predicted molar refractivity (Wildman–Crippen MR) is 195 cm³/mol. The van der Waals surface area contributed by atoms with E-state index in [9.17, 15) is 37.2 Å². The Morgan fingerprint density at radius 3 is 2.07 bits per heavy atom. The SMILES string of the molecule is C[C@@]1(Cc2ccc(C#N)cc2)C(=O)N(c2cc(Cl)c(F)c(Cl)c2)c2ncc(C(=O)NC3(C(=O)NC4(c5ccc(-c6ccc(C(F)(F)F)nc6)cn5)CC4)CC3)n21. The number of nitrogens with one attached hydrogen (secondary N) is 2. The van der Waals surface area contributed by atoms with Gasteiger partial charge in [-0.15, -0.1) is 0 Å². The second-order valence-electron chi connectivity index (χ2n) is 14.3. The van der Waals surface area contributed by atoms with Crippen molar-refractivity contribution in [1.29, 1.82) is 5.26 Å². The summed E-state index contributed by atoms with van der Waals surface area (Å²) in [5.74, 6) is -2.42. The summed E-state index contributed by atoms with van der Waals surface area (Å²) in [5.41, 5.74) is -1.77. The molecule has 3 aliphatic rings. The molecule has 3 aromatic heterocycles. The zero-order valence-electron chi connectivity index (χ0n) is 29.2. The number of rotatable bonds is 9. The molecular formula is C39H28Cl2F4N8O3. The first kappa shape index (κ1) is 37.1. The van der Waals surface area contributed by atoms with Gasteiger partial charge in [-0.2, -0.15) is 18.4 Å². The van der Waals surface area contributed by atoms with Crippen molar-refractivity contribution >= 4 is 52.6 Å². The third kappa shape index (κ3) is 6.32. The summed E-state index contributed by atoms with van der Waals surface area (Å²) in [7, 11) is 0. The van der Waals surface area contributed by atoms with Crippen LogP contribution in [-0.4, -0.2) is 42.8 Å². The predicted octanol–water partition coefficient (Wildman–Crippen LogP) is 7.38. The molecule has 0 saturated heterocycles. The first-order valence-electron chi connectivity index (χ1n) is 17.3. The minimum Gasteiger partial charge on any atom is -0.343 e. The van der Waals surface area contributed by atoms with Crippen molar-refractivity contribution in [2.24, 2.45) is 0 Å². The Balaban J connectivity index is 1.04. The molecule has 17 heteroatoms. The van der Waals surface area contributed by atoms with Crippen molar-refractivity contribution in [3.8, 4) is 17.2 Å². The second-order valence-corrected chi connectivity index (χ2v) is 15.2. The topological polar surface area (TPSA) is 146 Å². The number of nitriles is 1. The van der Waals surface area contributed by atoms with Gasteiger partial charge in [0.05, 0.1) is 44.8 Å². The summed E-state index contributed by atoms with van der Waals surface area (Å²) in [6, 6.07) is 16.8. The summed E-state index contributed by atoms with van der Waals surface area (Å²) < 4.78 is 54.8. The summed E-state index contributed by atoms with van der Waals surface area (Å²) in [5, 5.41) is 14.6. The summed E-state index contributed by atoms with van der Waals surface area (Å²) in [6.45, 7) is 1.63. The van der Waals surface area contributed by atoms with Crippen LogP contribution in [0.1, 0.15) is 65.6 Å². The normalized spacial score (nSPS) is 18.9. The van der Waals surface area contributed by atoms with Gasteiger partial charge in [0, 0.05) is 29.9 Å². The molecule has 2 aliphatic carbocycles. The Labute approximate surface area is 326 Å². The number of carbonyl (C=O) groups is 3. The Hall–Kier alpha value is -5.85. The third-order valence-electron chi connectivity index (χ3n) is 10.5. The molecule has 1 aliphatic heterocycles. The molecule has 284 valence electrons. The first-order valence-corrected chi connectivity index (χ1v) is 18.0. The molecule has 8 rings (SSSR count). The van der Waals surface area contributed by atoms with Gasteiger partial charge in [0.1, 0.15) is 22.5 Å². The maximum atomic E-state index is 14.4. The van der Waals surface area contributed by atoms with E-state index in [1.54, 1.807) is 43.3 Å². The van der Waals surface area contributed by atoms with Gasteiger partial charge in [-0.05, 0) is 74.6 Å². The Bertz CT molecular complexity index is 2450. The number of halogens is 6. The fourth-order valence-corrected chi connectivity index (χ4v) is 7.51. The van der Waals surface area contributed by atoms with Crippen molar-refractivity contribution < 1.29 is 31.9 Å². The fourth-order valence-electron chi connectivity index (χ4n) is 7.03. The smallest absolute Gasteiger partial charge is 0.343 e. The summed E-state index contributed by atoms with van der Waals surface area (Å²) >= 11 is 12.2. The highest BCUT2D eigenvalue weighted by molar-refractivity contribution is 6.35. The zero-order chi connectivity index (χ0) is 39.8. The first-order chi connectivity index (χ1) is 26.6. The number of aromatic nitrogens is 4. The molecule has 0 unspecified atom stereocenters. The average Bonchev–Trinajstić information content (AvgIpc) is 4.08. The van der Waals surface area contributed by atoms with Crippen LogP contribution in [-0.2, 0) is 33.3 Å². The van der Waals surface area contributed by atoms with Gasteiger partial charge in [0.15, 0.2) is 5.82 Å². The van der Waals surface area contributed by atoms with Gasteiger partial charge in [-0.25, -0.2) is 14.3 Å². The van der Waals surface area contributed by atoms with Crippen LogP contribution in [0.5, 0.6) is 0 Å². The maximum absolute atomic E-state index is 14.4. The molecule has 1 atom stereocenters. The average molecular weight is 804 g/mol. The molecule has 2 N–H and O–H groups in total. The third-order valence-corrected chi connectivity index (χ3v) is 11.0. The number of nitrogens with zero attached hydrogens (tertiary/aromatic N) is 6. The highest BCUT2D eigenvalue weighted by atomic mass is 35.5. The molecule has 0 bridgehead atoms. The van der Waals surface area contributed by atoms with Crippen LogP contribution in [0, 0.1) is 17.1 Å². The lowest BCUT2D eigenvalue weighted by Crippen LogP contribution is -2.52. The number of benzene rings is 2. The van der Waals surface area contributed by atoms with Crippen LogP contribution >= 0.6 is 23.2 Å². The minimum atomic E-state index is -4.56. The number of fused-ring (bicyclic) bond motifs is 1. The van der Waals surface area contributed by atoms with E-state index in [1.807, 2.05) is 0 Å². The number of carbonyl (C=O) groups excluding carboxylic acids is 3. The van der Waals surface area contributed by atoms with E-state index in [0.717, 1.165) is 12.3 Å². The standard InChI is InChI=1S/C39H28Cl2F4N8O3/c1-36(16-21-2-4-22(17-46)5-3-21)34(56)52(25-14-26(40)31(42)27(41)15-25)35-49-20-28(53(35)36)32(54)50-38(12-13-38)33(55)51-37(10-11-37)29-8-6-23(18-47-29)24-7-9-30(48-19-24)39(43,44)45/h2-9,14-15,18-20H,10-13,16H2,1H3,(H,50,54)(H,51,55)/t36-/m1/s1. The van der Waals surface area contributed by atoms with E-state index in [4.69, 9.17) is 23.2 Å². The molecule has 2 saturated carbocycles. The lowest BCUT2D eigenvalue weighted by molar-refractivity contribution is -0.141. The molecule has 4 heterocycles. The summed E-state index contributed by atoms with van der Waals surface area (Å²) in [6.07, 6.45) is 1.28. The number of anilines is 2. The van der Waals surface area contributed by atoms with Gasteiger partial charge in [-0.1, -0.05) is 47.5 Å². The van der Waals surface area contributed by atoms with E-state index in [2.05, 4.69) is 31.7 Å². The molecule has 2 fully saturated rings. The van der Waals surface area contributed by atoms with E-state index in [0.29, 0.717) is 53.6 Å². The quantitative estimate of drug-likeness (QED) is 0.117. The van der Waals surface area contributed by atoms with Gasteiger partial charge in [0.25, 0.3) is 11.8 Å². The lowest BCUT2D eigenvalue weighted by Gasteiger charge is -2.27. The van der Waals surface area contributed by atoms with E-state index in [-0.39, 0.29) is 33.8 Å². The summed E-state index contributed by atoms with van der Waals surface area (Å²) in [4.78, 5) is 56.1. The Morgan fingerprint density at radius 2 is 1.54 bits per heavy atom. The molecule has 0 radical (unpaired) electrons. The van der Waals surface area contributed by atoms with E-state index in [1.165, 1.54) is 40.1 Å². The Morgan fingerprint density at radius 1 is 0.893 bits per heavy atom. The van der Waals surface area contributed by atoms with Gasteiger partial charge >= 0.3 is 6.18 Å². The zero-order valence-corrected chi connectivity index (χ0v) is 30.7. The number of hydrogen-bond donors (Lipinski definition) is 2. The van der Waals surface area contributed by atoms with Crippen molar-refractivity contribution in [3.63, 3.8) is 0 Å². The maximum Gasteiger partial charge on any atom is 0.433 e. The van der Waals surface area contributed by atoms with Crippen molar-refractivity contribution in [2.45, 2.75) is 61.8 Å². The minimum absolute atomic E-state index is 0.0125. The van der Waals surface area contributed by atoms with Crippen LogP contribution < -0.4 is 15.5 Å². The molecule has 11 nitrogen and oxygen atoms in total. The van der Waals surface area contributed by atoms with Gasteiger partial charge in [0.2, 0.25) is 11.9 Å². The highest BCUT2D eigenvalue weighted by Gasteiger charge is 2.57. The van der Waals surface area contributed by atoms with Crippen LogP contribution in [0.25, 0.3) is 11.1 Å². The highest BCUT2D eigenvalue weighted by Crippen LogP contribution is 2.48. The largest absolute Gasteiger partial charge is 0.433 e. The molecular weight excluding hydrogens is 775 g/mol. The van der Waals surface area contributed by atoms with Crippen LogP contribution in [0.2, 0.25) is 10.0 Å². The molecule has 2 aromatic carbocycles. The van der Waals surface area contributed by atoms with Gasteiger partial charge < -0.3 is 10.6 Å². The van der Waals surface area contributed by atoms with Crippen molar-refractivity contribution in [3.05, 3.63) is 123 Å². The van der Waals surface area contributed by atoms with Crippen LogP contribution in [0.3, 0.4) is 0 Å². The number of pyridine rings is 2. The van der Waals surface area contributed by atoms with Crippen molar-refractivity contribution in [2.75, 3.05) is 4.90 Å². The second kappa shape index (κ2) is 13.1. The fraction of sp³-hybridized carbons (Fsp3) is 0.256. The number of amides is 3. The molecule has 56 heavy (non-hydrogen) atoms. The molecule has 5 aromatic rings. The number of hydrogen-bond acceptors (Lipinski definition) is 7. The Kier molecular flexibility index (Phi) is 8.70. The van der Waals surface area contributed by atoms with Crippen LogP contribution in [0.15, 0.2) is 79.3 Å². The van der Waals surface area contributed by atoms with E-state index >= 15 is 0 Å². The molecule has 0 spiro atoms. The van der Waals surface area contributed by atoms with Crippen LogP contribution in [0.4, 0.5) is 29.2 Å². The van der Waals surface area contributed by atoms with Gasteiger partial charge in [-0.3, -0.25) is 28.9 Å². The molecule has 3 amide bonds. The van der Waals surface area contributed by atoms with Crippen molar-refractivity contribution in [1.82, 2.24) is 30.2 Å². The van der Waals surface area contributed by atoms with E-state index < -0.39 is 52.0 Å².